The number of benzene rings is 2. The van der Waals surface area contributed by atoms with E-state index < -0.39 is 0 Å². The number of carbonyl (C=O) groups is 1. The molecule has 0 heterocycles. The van der Waals surface area contributed by atoms with E-state index in [0.29, 0.717) is 0 Å². The molecule has 5 heteroatoms. The number of para-hydroxylation sites is 1. The Balaban J connectivity index is 1.85. The molecule has 0 unspecified atom stereocenters. The molecule has 0 atom stereocenters. The average molecular weight is 318 g/mol. The Hall–Kier alpha value is -2.14. The molecule has 0 fully saturated rings. The van der Waals surface area contributed by atoms with Gasteiger partial charge in [0.1, 0.15) is 0 Å². The second kappa shape index (κ2) is 6.70. The predicted octanol–water partition coefficient (Wildman–Crippen LogP) is 3.60. The maximum absolute atomic E-state index is 11.5. The van der Waals surface area contributed by atoms with Gasteiger partial charge in [-0.15, -0.1) is 0 Å². The smallest absolute Gasteiger partial charge is 0.307 e. The van der Waals surface area contributed by atoms with Crippen molar-refractivity contribution < 1.29 is 4.79 Å². The van der Waals surface area contributed by atoms with Gasteiger partial charge in [-0.2, -0.15) is 5.10 Å². The summed E-state index contributed by atoms with van der Waals surface area (Å²) < 4.78 is 0.999. The predicted molar refractivity (Wildman–Crippen MR) is 80.3 cm³/mol. The average Bonchev–Trinajstić information content (AvgIpc) is 2.42. The molecule has 2 amide bonds. The topological polar surface area (TPSA) is 53.5 Å². The van der Waals surface area contributed by atoms with Crippen molar-refractivity contribution in [3.63, 3.8) is 0 Å². The molecule has 0 aliphatic heterocycles. The van der Waals surface area contributed by atoms with Crippen molar-refractivity contribution in [3.8, 4) is 0 Å². The van der Waals surface area contributed by atoms with Crippen molar-refractivity contribution in [2.75, 3.05) is 5.32 Å². The van der Waals surface area contributed by atoms with E-state index in [0.717, 1.165) is 15.7 Å². The van der Waals surface area contributed by atoms with Crippen molar-refractivity contribution in [3.05, 3.63) is 64.6 Å². The molecule has 4 nitrogen and oxygen atoms in total. The molecule has 0 aliphatic carbocycles. The Bertz CT molecular complexity index is 567. The third-order valence-corrected chi connectivity index (χ3v) is 2.81. The minimum Gasteiger partial charge on any atom is -0.307 e. The van der Waals surface area contributed by atoms with E-state index in [1.165, 1.54) is 0 Å². The second-order valence-corrected chi connectivity index (χ2v) is 4.66. The maximum Gasteiger partial charge on any atom is 0.339 e. The number of urea groups is 1. The molecule has 0 aromatic heterocycles. The van der Waals surface area contributed by atoms with E-state index in [9.17, 15) is 4.79 Å². The highest BCUT2D eigenvalue weighted by Gasteiger charge is 1.97. The van der Waals surface area contributed by atoms with Crippen molar-refractivity contribution >= 4 is 33.9 Å². The maximum atomic E-state index is 11.5. The molecular formula is C14H12BrN3O. The summed E-state index contributed by atoms with van der Waals surface area (Å²) in [5, 5.41) is 6.53. The first-order valence-corrected chi connectivity index (χ1v) is 6.44. The summed E-state index contributed by atoms with van der Waals surface area (Å²) in [6.07, 6.45) is 1.58. The van der Waals surface area contributed by atoms with Crippen molar-refractivity contribution in [1.82, 2.24) is 5.43 Å². The standard InChI is InChI=1S/C14H12BrN3O/c15-12-8-6-11(7-9-12)10-16-18-14(19)17-13-4-2-1-3-5-13/h1-10H,(H2,17,18,19). The normalized spacial score (nSPS) is 10.4. The fraction of sp³-hybridized carbons (Fsp3) is 0. The Kier molecular flexibility index (Phi) is 4.69. The number of hydrogen-bond acceptors (Lipinski definition) is 2. The highest BCUT2D eigenvalue weighted by atomic mass is 79.9. The van der Waals surface area contributed by atoms with Gasteiger partial charge in [0.25, 0.3) is 0 Å². The lowest BCUT2D eigenvalue weighted by molar-refractivity contribution is 0.252. The minimum absolute atomic E-state index is 0.375. The second-order valence-electron chi connectivity index (χ2n) is 3.74. The van der Waals surface area contributed by atoms with E-state index in [-0.39, 0.29) is 6.03 Å². The number of anilines is 1. The fourth-order valence-corrected chi connectivity index (χ4v) is 1.66. The number of halogens is 1. The van der Waals surface area contributed by atoms with Crippen molar-refractivity contribution in [2.24, 2.45) is 5.10 Å². The van der Waals surface area contributed by atoms with Crippen molar-refractivity contribution in [2.45, 2.75) is 0 Å². The Labute approximate surface area is 119 Å². The van der Waals surface area contributed by atoms with Crippen LogP contribution in [0.15, 0.2) is 64.2 Å². The van der Waals surface area contributed by atoms with Crippen LogP contribution < -0.4 is 10.7 Å². The van der Waals surface area contributed by atoms with Crippen LogP contribution in [-0.2, 0) is 0 Å². The van der Waals surface area contributed by atoms with Crippen LogP contribution in [0, 0.1) is 0 Å². The lowest BCUT2D eigenvalue weighted by atomic mass is 10.2. The van der Waals surface area contributed by atoms with Crippen LogP contribution in [0.2, 0.25) is 0 Å². The molecule has 2 rings (SSSR count). The summed E-state index contributed by atoms with van der Waals surface area (Å²) in [5.41, 5.74) is 4.03. The van der Waals surface area contributed by atoms with Crippen LogP contribution in [0.3, 0.4) is 0 Å². The van der Waals surface area contributed by atoms with Crippen LogP contribution >= 0.6 is 15.9 Å². The Morgan fingerprint density at radius 2 is 1.74 bits per heavy atom. The Morgan fingerprint density at radius 1 is 1.05 bits per heavy atom. The van der Waals surface area contributed by atoms with E-state index >= 15 is 0 Å². The number of amides is 2. The molecule has 0 saturated heterocycles. The molecule has 0 saturated carbocycles. The largest absolute Gasteiger partial charge is 0.339 e. The fourth-order valence-electron chi connectivity index (χ4n) is 1.39. The van der Waals surface area contributed by atoms with Crippen LogP contribution in [0.4, 0.5) is 10.5 Å². The van der Waals surface area contributed by atoms with Gasteiger partial charge in [-0.3, -0.25) is 0 Å². The van der Waals surface area contributed by atoms with Crippen LogP contribution in [0.25, 0.3) is 0 Å². The highest BCUT2D eigenvalue weighted by Crippen LogP contribution is 2.09. The molecule has 0 radical (unpaired) electrons. The summed E-state index contributed by atoms with van der Waals surface area (Å²) in [7, 11) is 0. The lowest BCUT2D eigenvalue weighted by Gasteiger charge is -2.03. The molecule has 2 N–H and O–H groups in total. The van der Waals surface area contributed by atoms with Gasteiger partial charge in [-0.1, -0.05) is 46.3 Å². The first-order valence-electron chi connectivity index (χ1n) is 5.65. The zero-order valence-corrected chi connectivity index (χ0v) is 11.6. The molecule has 19 heavy (non-hydrogen) atoms. The van der Waals surface area contributed by atoms with E-state index in [2.05, 4.69) is 31.8 Å². The monoisotopic (exact) mass is 317 g/mol. The first-order chi connectivity index (χ1) is 9.24. The van der Waals surface area contributed by atoms with Crippen molar-refractivity contribution in [1.29, 1.82) is 0 Å². The molecule has 96 valence electrons. The van der Waals surface area contributed by atoms with Gasteiger partial charge in [0.05, 0.1) is 6.21 Å². The third kappa shape index (κ3) is 4.56. The van der Waals surface area contributed by atoms with Crippen LogP contribution in [-0.4, -0.2) is 12.2 Å². The zero-order valence-electron chi connectivity index (χ0n) is 10.0. The van der Waals surface area contributed by atoms with E-state index in [4.69, 9.17) is 0 Å². The summed E-state index contributed by atoms with van der Waals surface area (Å²) in [4.78, 5) is 11.5. The van der Waals surface area contributed by atoms with E-state index in [1.54, 1.807) is 18.3 Å². The van der Waals surface area contributed by atoms with Gasteiger partial charge in [0, 0.05) is 10.2 Å². The number of hydrogen-bond donors (Lipinski definition) is 2. The molecular weight excluding hydrogens is 306 g/mol. The number of rotatable bonds is 3. The van der Waals surface area contributed by atoms with Gasteiger partial charge in [0.15, 0.2) is 0 Å². The Morgan fingerprint density at radius 3 is 2.42 bits per heavy atom. The zero-order chi connectivity index (χ0) is 13.5. The third-order valence-electron chi connectivity index (χ3n) is 2.28. The van der Waals surface area contributed by atoms with Gasteiger partial charge in [-0.25, -0.2) is 10.2 Å². The van der Waals surface area contributed by atoms with Gasteiger partial charge >= 0.3 is 6.03 Å². The van der Waals surface area contributed by atoms with Crippen LogP contribution in [0.5, 0.6) is 0 Å². The molecule has 0 spiro atoms. The van der Waals surface area contributed by atoms with Gasteiger partial charge in [0.2, 0.25) is 0 Å². The van der Waals surface area contributed by atoms with Crippen LogP contribution in [0.1, 0.15) is 5.56 Å². The molecule has 2 aromatic carbocycles. The highest BCUT2D eigenvalue weighted by molar-refractivity contribution is 9.10. The molecule has 0 bridgehead atoms. The number of hydrazone groups is 1. The SMILES string of the molecule is O=C(NN=Cc1ccc(Br)cc1)Nc1ccccc1. The number of nitrogens with zero attached hydrogens (tertiary/aromatic N) is 1. The quantitative estimate of drug-likeness (QED) is 0.659. The summed E-state index contributed by atoms with van der Waals surface area (Å²) >= 11 is 3.35. The molecule has 0 aliphatic rings. The number of nitrogens with one attached hydrogen (secondary N) is 2. The van der Waals surface area contributed by atoms with Gasteiger partial charge < -0.3 is 5.32 Å². The summed E-state index contributed by atoms with van der Waals surface area (Å²) in [6.45, 7) is 0. The number of carbonyl (C=O) groups excluding carboxylic acids is 1. The summed E-state index contributed by atoms with van der Waals surface area (Å²) in [6, 6.07) is 16.4. The lowest BCUT2D eigenvalue weighted by Crippen LogP contribution is -2.24. The molecule has 2 aromatic rings. The summed E-state index contributed by atoms with van der Waals surface area (Å²) in [5.74, 6) is 0. The first kappa shape index (κ1) is 13.3. The van der Waals surface area contributed by atoms with E-state index in [1.807, 2.05) is 42.5 Å². The minimum atomic E-state index is -0.375. The van der Waals surface area contributed by atoms with Gasteiger partial charge in [-0.05, 0) is 29.8 Å².